The molecule has 0 unspecified atom stereocenters. The summed E-state index contributed by atoms with van der Waals surface area (Å²) in [5.41, 5.74) is -5.29. The standard InChI is InChI=1S/C13H10F5NO3S/c1-2-21-10(20)5-8-3-7(6-19)4-9(22-12(14)15)11(8)23-13(16,17)18/h3-4,12H,2,5H2,1H3. The van der Waals surface area contributed by atoms with Gasteiger partial charge in [0, 0.05) is 0 Å². The second-order valence-electron chi connectivity index (χ2n) is 3.98. The third-order valence-electron chi connectivity index (χ3n) is 2.33. The van der Waals surface area contributed by atoms with Gasteiger partial charge in [0.1, 0.15) is 5.75 Å². The number of ether oxygens (including phenoxy) is 2. The molecule has 0 aromatic heterocycles. The summed E-state index contributed by atoms with van der Waals surface area (Å²) >= 11 is -0.700. The van der Waals surface area contributed by atoms with Gasteiger partial charge in [0.2, 0.25) is 0 Å². The third kappa shape index (κ3) is 6.32. The van der Waals surface area contributed by atoms with Crippen LogP contribution in [0.15, 0.2) is 17.0 Å². The number of nitrogens with zero attached hydrogens (tertiary/aromatic N) is 1. The minimum absolute atomic E-state index is 0.00108. The molecule has 1 aromatic carbocycles. The number of alkyl halides is 5. The summed E-state index contributed by atoms with van der Waals surface area (Å²) in [6.07, 6.45) is -0.610. The van der Waals surface area contributed by atoms with Crippen LogP contribution in [0.4, 0.5) is 22.0 Å². The average molecular weight is 355 g/mol. The normalized spacial score (nSPS) is 11.2. The number of benzene rings is 1. The summed E-state index contributed by atoms with van der Waals surface area (Å²) in [6, 6.07) is 3.37. The molecule has 0 aliphatic heterocycles. The molecule has 10 heteroatoms. The van der Waals surface area contributed by atoms with Crippen LogP contribution < -0.4 is 4.74 Å². The Morgan fingerprint density at radius 1 is 1.39 bits per heavy atom. The van der Waals surface area contributed by atoms with Gasteiger partial charge in [0.05, 0.1) is 29.6 Å². The first-order valence-electron chi connectivity index (χ1n) is 6.09. The van der Waals surface area contributed by atoms with Gasteiger partial charge >= 0.3 is 18.1 Å². The van der Waals surface area contributed by atoms with Gasteiger partial charge in [-0.25, -0.2) is 0 Å². The lowest BCUT2D eigenvalue weighted by Gasteiger charge is -2.16. The van der Waals surface area contributed by atoms with Crippen molar-refractivity contribution in [3.63, 3.8) is 0 Å². The lowest BCUT2D eigenvalue weighted by atomic mass is 10.1. The highest BCUT2D eigenvalue weighted by molar-refractivity contribution is 8.00. The van der Waals surface area contributed by atoms with E-state index < -0.39 is 46.9 Å². The topological polar surface area (TPSA) is 59.3 Å². The smallest absolute Gasteiger partial charge is 0.446 e. The third-order valence-corrected chi connectivity index (χ3v) is 3.23. The van der Waals surface area contributed by atoms with E-state index in [0.717, 1.165) is 12.1 Å². The molecule has 0 heterocycles. The predicted octanol–water partition coefficient (Wildman–Crippen LogP) is 3.88. The van der Waals surface area contributed by atoms with Crippen molar-refractivity contribution in [3.8, 4) is 11.8 Å². The number of carbonyl (C=O) groups is 1. The van der Waals surface area contributed by atoms with Crippen LogP contribution in [0, 0.1) is 11.3 Å². The second kappa shape index (κ2) is 8.01. The molecule has 0 aliphatic rings. The van der Waals surface area contributed by atoms with Crippen molar-refractivity contribution in [2.75, 3.05) is 6.61 Å². The van der Waals surface area contributed by atoms with Crippen LogP contribution >= 0.6 is 11.8 Å². The van der Waals surface area contributed by atoms with Gasteiger partial charge in [-0.15, -0.1) is 0 Å². The Labute approximate surface area is 132 Å². The van der Waals surface area contributed by atoms with Crippen molar-refractivity contribution in [1.29, 1.82) is 5.26 Å². The number of hydrogen-bond acceptors (Lipinski definition) is 5. The summed E-state index contributed by atoms with van der Waals surface area (Å²) in [6.45, 7) is -1.88. The van der Waals surface area contributed by atoms with Crippen molar-refractivity contribution in [2.24, 2.45) is 0 Å². The van der Waals surface area contributed by atoms with Gasteiger partial charge in [0.25, 0.3) is 0 Å². The summed E-state index contributed by atoms with van der Waals surface area (Å²) < 4.78 is 71.4. The zero-order valence-electron chi connectivity index (χ0n) is 11.6. The SMILES string of the molecule is CCOC(=O)Cc1cc(C#N)cc(OC(F)F)c1SC(F)(F)F. The Kier molecular flexibility index (Phi) is 6.62. The zero-order valence-corrected chi connectivity index (χ0v) is 12.4. The van der Waals surface area contributed by atoms with Crippen LogP contribution in [0.5, 0.6) is 5.75 Å². The van der Waals surface area contributed by atoms with E-state index >= 15 is 0 Å². The first-order valence-corrected chi connectivity index (χ1v) is 6.91. The highest BCUT2D eigenvalue weighted by atomic mass is 32.2. The largest absolute Gasteiger partial charge is 0.466 e. The molecule has 0 spiro atoms. The summed E-state index contributed by atoms with van der Waals surface area (Å²) in [5, 5.41) is 8.84. The Hall–Kier alpha value is -2.02. The molecule has 4 nitrogen and oxygen atoms in total. The molecule has 0 N–H and O–H groups in total. The maximum absolute atomic E-state index is 12.6. The minimum Gasteiger partial charge on any atom is -0.466 e. The minimum atomic E-state index is -4.79. The van der Waals surface area contributed by atoms with Crippen LogP contribution in [-0.4, -0.2) is 24.7 Å². The molecule has 0 saturated carbocycles. The maximum Gasteiger partial charge on any atom is 0.446 e. The van der Waals surface area contributed by atoms with Gasteiger partial charge in [-0.2, -0.15) is 27.2 Å². The van der Waals surface area contributed by atoms with E-state index in [4.69, 9.17) is 5.26 Å². The number of nitriles is 1. The van der Waals surface area contributed by atoms with Crippen LogP contribution in [0.25, 0.3) is 0 Å². The van der Waals surface area contributed by atoms with Crippen molar-refractivity contribution >= 4 is 17.7 Å². The molecule has 1 rings (SSSR count). The Morgan fingerprint density at radius 2 is 2.04 bits per heavy atom. The van der Waals surface area contributed by atoms with Crippen molar-refractivity contribution < 1.29 is 36.2 Å². The molecule has 126 valence electrons. The molecule has 1 aromatic rings. The number of thioether (sulfide) groups is 1. The van der Waals surface area contributed by atoms with E-state index in [0.29, 0.717) is 0 Å². The molecule has 0 saturated heterocycles. The van der Waals surface area contributed by atoms with E-state index in [9.17, 15) is 26.7 Å². The van der Waals surface area contributed by atoms with E-state index in [1.54, 1.807) is 6.07 Å². The maximum atomic E-state index is 12.6. The summed E-state index contributed by atoms with van der Waals surface area (Å²) in [7, 11) is 0. The Balaban J connectivity index is 3.37. The van der Waals surface area contributed by atoms with Crippen LogP contribution in [-0.2, 0) is 16.0 Å². The van der Waals surface area contributed by atoms with E-state index in [-0.39, 0.29) is 17.7 Å². The number of halogens is 5. The monoisotopic (exact) mass is 355 g/mol. The Morgan fingerprint density at radius 3 is 2.52 bits per heavy atom. The molecule has 0 fully saturated rings. The van der Waals surface area contributed by atoms with Crippen LogP contribution in [0.3, 0.4) is 0 Å². The average Bonchev–Trinajstić information content (AvgIpc) is 2.40. The number of esters is 1. The fourth-order valence-electron chi connectivity index (χ4n) is 1.64. The first kappa shape index (κ1) is 19.0. The highest BCUT2D eigenvalue weighted by Gasteiger charge is 2.33. The van der Waals surface area contributed by atoms with Gasteiger partial charge in [-0.1, -0.05) is 0 Å². The Bertz CT molecular complexity index is 613. The van der Waals surface area contributed by atoms with Crippen molar-refractivity contribution in [1.82, 2.24) is 0 Å². The van der Waals surface area contributed by atoms with E-state index in [2.05, 4.69) is 9.47 Å². The molecule has 0 aliphatic carbocycles. The van der Waals surface area contributed by atoms with Crippen molar-refractivity contribution in [3.05, 3.63) is 23.3 Å². The number of carbonyl (C=O) groups excluding carboxylic acids is 1. The van der Waals surface area contributed by atoms with Gasteiger partial charge in [-0.3, -0.25) is 4.79 Å². The molecule has 0 amide bonds. The molecule has 0 radical (unpaired) electrons. The van der Waals surface area contributed by atoms with Crippen molar-refractivity contribution in [2.45, 2.75) is 30.4 Å². The quantitative estimate of drug-likeness (QED) is 0.440. The molecular weight excluding hydrogens is 345 g/mol. The zero-order chi connectivity index (χ0) is 17.6. The molecule has 0 bridgehead atoms. The van der Waals surface area contributed by atoms with E-state index in [1.165, 1.54) is 6.92 Å². The molecule has 0 atom stereocenters. The number of rotatable bonds is 6. The predicted molar refractivity (Wildman–Crippen MR) is 70.0 cm³/mol. The number of hydrogen-bond donors (Lipinski definition) is 0. The lowest BCUT2D eigenvalue weighted by molar-refractivity contribution is -0.142. The van der Waals surface area contributed by atoms with Crippen LogP contribution in [0.1, 0.15) is 18.1 Å². The van der Waals surface area contributed by atoms with Crippen LogP contribution in [0.2, 0.25) is 0 Å². The molecule has 23 heavy (non-hydrogen) atoms. The highest BCUT2D eigenvalue weighted by Crippen LogP contribution is 2.44. The first-order chi connectivity index (χ1) is 10.7. The second-order valence-corrected chi connectivity index (χ2v) is 5.06. The fraction of sp³-hybridized carbons (Fsp3) is 0.385. The molecular formula is C13H10F5NO3S. The summed E-state index contributed by atoms with van der Waals surface area (Å²) in [4.78, 5) is 10.8. The fourth-order valence-corrected chi connectivity index (χ4v) is 2.34. The van der Waals surface area contributed by atoms with E-state index in [1.807, 2.05) is 0 Å². The van der Waals surface area contributed by atoms with Gasteiger partial charge < -0.3 is 9.47 Å². The van der Waals surface area contributed by atoms with Gasteiger partial charge in [-0.05, 0) is 36.4 Å². The van der Waals surface area contributed by atoms with Gasteiger partial charge in [0.15, 0.2) is 0 Å². The summed E-state index contributed by atoms with van der Waals surface area (Å²) in [5.74, 6) is -1.67. The lowest BCUT2D eigenvalue weighted by Crippen LogP contribution is -2.12.